The van der Waals surface area contributed by atoms with Crippen molar-refractivity contribution in [3.8, 4) is 0 Å². The average molecular weight is 298 g/mol. The van der Waals surface area contributed by atoms with Gasteiger partial charge in [-0.1, -0.05) is 30.3 Å². The molecule has 2 N–H and O–H groups in total. The van der Waals surface area contributed by atoms with Crippen LogP contribution in [0.4, 0.5) is 10.1 Å². The molecule has 0 aliphatic heterocycles. The Balaban J connectivity index is 1.77. The zero-order chi connectivity index (χ0) is 15.8. The summed E-state index contributed by atoms with van der Waals surface area (Å²) in [5.74, 6) is -1.12. The van der Waals surface area contributed by atoms with Crippen LogP contribution < -0.4 is 10.6 Å². The first-order valence-corrected chi connectivity index (χ1v) is 6.70. The predicted molar refractivity (Wildman–Crippen MR) is 83.5 cm³/mol. The van der Waals surface area contributed by atoms with Crippen molar-refractivity contribution in [3.05, 3.63) is 72.1 Å². The van der Waals surface area contributed by atoms with Crippen LogP contribution in [-0.2, 0) is 9.59 Å². The molecule has 4 nitrogen and oxygen atoms in total. The second-order valence-electron chi connectivity index (χ2n) is 4.52. The van der Waals surface area contributed by atoms with Gasteiger partial charge in [0.05, 0.1) is 6.54 Å². The van der Waals surface area contributed by atoms with Crippen molar-refractivity contribution in [2.75, 3.05) is 11.9 Å². The summed E-state index contributed by atoms with van der Waals surface area (Å²) in [6.45, 7) is -0.157. The van der Waals surface area contributed by atoms with E-state index in [1.807, 2.05) is 30.3 Å². The van der Waals surface area contributed by atoms with Crippen LogP contribution in [0.1, 0.15) is 5.56 Å². The molecule has 0 saturated heterocycles. The molecule has 0 heterocycles. The van der Waals surface area contributed by atoms with Crippen LogP contribution in [0.15, 0.2) is 60.7 Å². The van der Waals surface area contributed by atoms with Crippen LogP contribution in [0.2, 0.25) is 0 Å². The monoisotopic (exact) mass is 298 g/mol. The van der Waals surface area contributed by atoms with Gasteiger partial charge in [-0.15, -0.1) is 0 Å². The fraction of sp³-hybridized carbons (Fsp3) is 0.0588. The molecule has 2 amide bonds. The standard InChI is InChI=1S/C17H15FN2O2/c18-14-7-9-15(10-8-14)20-17(22)12-19-16(21)11-6-13-4-2-1-3-5-13/h1-11H,12H2,(H,19,21)(H,20,22)/b11-6+. The number of carbonyl (C=O) groups is 2. The third kappa shape index (κ3) is 5.20. The predicted octanol–water partition coefficient (Wildman–Crippen LogP) is 2.59. The fourth-order valence-corrected chi connectivity index (χ4v) is 1.70. The van der Waals surface area contributed by atoms with Gasteiger partial charge in [0.1, 0.15) is 5.82 Å². The van der Waals surface area contributed by atoms with Crippen LogP contribution in [0.25, 0.3) is 6.08 Å². The molecule has 0 atom stereocenters. The number of anilines is 1. The minimum atomic E-state index is -0.381. The summed E-state index contributed by atoms with van der Waals surface area (Å²) < 4.78 is 12.7. The van der Waals surface area contributed by atoms with E-state index in [-0.39, 0.29) is 24.2 Å². The Morgan fingerprint density at radius 3 is 2.36 bits per heavy atom. The summed E-state index contributed by atoms with van der Waals surface area (Å²) in [6.07, 6.45) is 3.02. The summed E-state index contributed by atoms with van der Waals surface area (Å²) >= 11 is 0. The van der Waals surface area contributed by atoms with Crippen LogP contribution in [0.3, 0.4) is 0 Å². The molecule has 22 heavy (non-hydrogen) atoms. The van der Waals surface area contributed by atoms with Gasteiger partial charge in [0, 0.05) is 11.8 Å². The first kappa shape index (κ1) is 15.4. The van der Waals surface area contributed by atoms with E-state index in [2.05, 4.69) is 10.6 Å². The number of hydrogen-bond donors (Lipinski definition) is 2. The Hall–Kier alpha value is -2.95. The van der Waals surface area contributed by atoms with Crippen molar-refractivity contribution in [1.82, 2.24) is 5.32 Å². The number of rotatable bonds is 5. The topological polar surface area (TPSA) is 58.2 Å². The molecule has 5 heteroatoms. The average Bonchev–Trinajstić information content (AvgIpc) is 2.54. The quantitative estimate of drug-likeness (QED) is 0.834. The van der Waals surface area contributed by atoms with E-state index in [9.17, 15) is 14.0 Å². The van der Waals surface area contributed by atoms with Crippen LogP contribution >= 0.6 is 0 Å². The van der Waals surface area contributed by atoms with Gasteiger partial charge in [0.25, 0.3) is 0 Å². The molecule has 2 aromatic carbocycles. The summed E-state index contributed by atoms with van der Waals surface area (Å²) in [4.78, 5) is 23.2. The number of halogens is 1. The third-order valence-electron chi connectivity index (χ3n) is 2.78. The van der Waals surface area contributed by atoms with Crippen LogP contribution in [0, 0.1) is 5.82 Å². The minimum Gasteiger partial charge on any atom is -0.343 e. The molecule has 0 fully saturated rings. The lowest BCUT2D eigenvalue weighted by atomic mass is 10.2. The lowest BCUT2D eigenvalue weighted by Crippen LogP contribution is -2.31. The molecule has 0 aliphatic rings. The Kier molecular flexibility index (Phi) is 5.43. The van der Waals surface area contributed by atoms with Gasteiger partial charge in [-0.3, -0.25) is 9.59 Å². The number of nitrogens with one attached hydrogen (secondary N) is 2. The highest BCUT2D eigenvalue weighted by Crippen LogP contribution is 2.07. The summed E-state index contributed by atoms with van der Waals surface area (Å²) in [6, 6.07) is 14.7. The van der Waals surface area contributed by atoms with Gasteiger partial charge in [0.15, 0.2) is 0 Å². The molecule has 2 aromatic rings. The molecule has 2 rings (SSSR count). The molecule has 0 radical (unpaired) electrons. The van der Waals surface area contributed by atoms with Gasteiger partial charge in [-0.2, -0.15) is 0 Å². The van der Waals surface area contributed by atoms with Gasteiger partial charge in [-0.25, -0.2) is 4.39 Å². The van der Waals surface area contributed by atoms with E-state index in [0.717, 1.165) is 5.56 Å². The highest BCUT2D eigenvalue weighted by atomic mass is 19.1. The Morgan fingerprint density at radius 1 is 1.00 bits per heavy atom. The molecule has 0 saturated carbocycles. The summed E-state index contributed by atoms with van der Waals surface area (Å²) in [5, 5.41) is 5.03. The zero-order valence-electron chi connectivity index (χ0n) is 11.8. The number of hydrogen-bond acceptors (Lipinski definition) is 2. The van der Waals surface area contributed by atoms with E-state index < -0.39 is 0 Å². The van der Waals surface area contributed by atoms with Gasteiger partial charge < -0.3 is 10.6 Å². The highest BCUT2D eigenvalue weighted by molar-refractivity contribution is 5.97. The van der Waals surface area contributed by atoms with Crippen molar-refractivity contribution >= 4 is 23.6 Å². The van der Waals surface area contributed by atoms with E-state index in [0.29, 0.717) is 5.69 Å². The minimum absolute atomic E-state index is 0.157. The maximum absolute atomic E-state index is 12.7. The number of amides is 2. The van der Waals surface area contributed by atoms with Crippen LogP contribution in [0.5, 0.6) is 0 Å². The van der Waals surface area contributed by atoms with E-state index in [1.54, 1.807) is 6.08 Å². The first-order chi connectivity index (χ1) is 10.6. The number of benzene rings is 2. The lowest BCUT2D eigenvalue weighted by Gasteiger charge is -2.05. The molecular weight excluding hydrogens is 283 g/mol. The van der Waals surface area contributed by atoms with Crippen molar-refractivity contribution in [2.24, 2.45) is 0 Å². The van der Waals surface area contributed by atoms with Crippen molar-refractivity contribution in [3.63, 3.8) is 0 Å². The molecule has 0 aromatic heterocycles. The molecule has 0 bridgehead atoms. The Bertz CT molecular complexity index is 667. The normalized spacial score (nSPS) is 10.4. The van der Waals surface area contributed by atoms with Gasteiger partial charge in [-0.05, 0) is 35.9 Å². The molecular formula is C17H15FN2O2. The van der Waals surface area contributed by atoms with Crippen molar-refractivity contribution in [2.45, 2.75) is 0 Å². The Morgan fingerprint density at radius 2 is 1.68 bits per heavy atom. The SMILES string of the molecule is O=C(/C=C/c1ccccc1)NCC(=O)Nc1ccc(F)cc1. The fourth-order valence-electron chi connectivity index (χ4n) is 1.70. The smallest absolute Gasteiger partial charge is 0.244 e. The second kappa shape index (κ2) is 7.73. The molecule has 0 unspecified atom stereocenters. The third-order valence-corrected chi connectivity index (χ3v) is 2.78. The second-order valence-corrected chi connectivity index (χ2v) is 4.52. The lowest BCUT2D eigenvalue weighted by molar-refractivity contribution is -0.121. The molecule has 0 spiro atoms. The van der Waals surface area contributed by atoms with E-state index in [1.165, 1.54) is 30.3 Å². The zero-order valence-corrected chi connectivity index (χ0v) is 11.8. The maximum Gasteiger partial charge on any atom is 0.244 e. The van der Waals surface area contributed by atoms with Crippen molar-refractivity contribution < 1.29 is 14.0 Å². The highest BCUT2D eigenvalue weighted by Gasteiger charge is 2.04. The Labute approximate surface area is 127 Å². The van der Waals surface area contributed by atoms with E-state index in [4.69, 9.17) is 0 Å². The summed E-state index contributed by atoms with van der Waals surface area (Å²) in [5.41, 5.74) is 1.37. The summed E-state index contributed by atoms with van der Waals surface area (Å²) in [7, 11) is 0. The van der Waals surface area contributed by atoms with E-state index >= 15 is 0 Å². The number of carbonyl (C=O) groups excluding carboxylic acids is 2. The molecule has 0 aliphatic carbocycles. The maximum atomic E-state index is 12.7. The van der Waals surface area contributed by atoms with Gasteiger partial charge in [0.2, 0.25) is 11.8 Å². The first-order valence-electron chi connectivity index (χ1n) is 6.70. The largest absolute Gasteiger partial charge is 0.343 e. The molecule has 112 valence electrons. The van der Waals surface area contributed by atoms with Gasteiger partial charge >= 0.3 is 0 Å². The van der Waals surface area contributed by atoms with Crippen LogP contribution in [-0.4, -0.2) is 18.4 Å². The van der Waals surface area contributed by atoms with Crippen molar-refractivity contribution in [1.29, 1.82) is 0 Å².